The molecule has 0 aliphatic rings. The van der Waals surface area contributed by atoms with Crippen LogP contribution >= 0.6 is 7.37 Å². The number of nitrogens with zero attached hydrogens (tertiary/aromatic N) is 2. The van der Waals surface area contributed by atoms with Crippen molar-refractivity contribution in [2.75, 3.05) is 19.0 Å². The molecule has 4 N–H and O–H groups in total. The molecule has 0 amide bonds. The minimum atomic E-state index is -3.99. The molecule has 10 nitrogen and oxygen atoms in total. The van der Waals surface area contributed by atoms with Gasteiger partial charge in [0.25, 0.3) is 5.69 Å². The third-order valence-electron chi connectivity index (χ3n) is 4.08. The van der Waals surface area contributed by atoms with Gasteiger partial charge in [-0.2, -0.15) is 0 Å². The van der Waals surface area contributed by atoms with Crippen molar-refractivity contribution in [3.05, 3.63) is 57.8 Å². The Balaban J connectivity index is 2.21. The first kappa shape index (κ1) is 21.3. The zero-order valence-electron chi connectivity index (χ0n) is 15.0. The number of nitrogen functional groups attached to an aromatic ring is 1. The van der Waals surface area contributed by atoms with Gasteiger partial charge in [0, 0.05) is 30.1 Å². The predicted octanol–water partition coefficient (Wildman–Crippen LogP) is 2.29. The normalized spacial score (nSPS) is 14.1. The third-order valence-corrected chi connectivity index (χ3v) is 5.92. The van der Waals surface area contributed by atoms with Crippen molar-refractivity contribution >= 4 is 24.8 Å². The van der Waals surface area contributed by atoms with E-state index in [1.165, 1.54) is 31.5 Å². The fourth-order valence-corrected chi connectivity index (χ4v) is 4.63. The molecule has 2 rings (SSSR count). The van der Waals surface area contributed by atoms with Crippen molar-refractivity contribution in [1.29, 1.82) is 0 Å². The van der Waals surface area contributed by atoms with Crippen LogP contribution in [0.3, 0.4) is 0 Å². The third kappa shape index (κ3) is 5.77. The first-order valence-electron chi connectivity index (χ1n) is 8.16. The zero-order chi connectivity index (χ0) is 20.9. The molecule has 1 aromatic heterocycles. The summed E-state index contributed by atoms with van der Waals surface area (Å²) in [5.41, 5.74) is 5.97. The van der Waals surface area contributed by atoms with Crippen molar-refractivity contribution in [2.45, 2.75) is 12.6 Å². The van der Waals surface area contributed by atoms with Crippen molar-refractivity contribution < 1.29 is 29.0 Å². The van der Waals surface area contributed by atoms with Crippen LogP contribution in [0.2, 0.25) is 0 Å². The average Bonchev–Trinajstić information content (AvgIpc) is 2.62. The number of carboxylic acids is 1. The fraction of sp³-hybridized carbons (Fsp3) is 0.294. The molecule has 2 unspecified atom stereocenters. The van der Waals surface area contributed by atoms with E-state index in [1.54, 1.807) is 6.07 Å². The molecule has 0 radical (unpaired) electrons. The summed E-state index contributed by atoms with van der Waals surface area (Å²) in [5, 5.41) is 20.4. The Hall–Kier alpha value is -2.97. The van der Waals surface area contributed by atoms with E-state index in [4.69, 9.17) is 10.5 Å². The largest absolute Gasteiger partial charge is 0.496 e. The lowest BCUT2D eigenvalue weighted by Gasteiger charge is -2.18. The fourth-order valence-electron chi connectivity index (χ4n) is 2.75. The highest BCUT2D eigenvalue weighted by atomic mass is 31.2. The Morgan fingerprint density at radius 2 is 2.11 bits per heavy atom. The standard InChI is InChI=1S/C17H20N3O7P/c1-27-15-4-3-14(20(23)24)7-12(15)9-28(25,26)10-13(17(21)22)6-11-2-5-16(18)19-8-11/h2-5,7-8,13H,6,9-10H2,1H3,(H2,18,19)(H,21,22)(H,25,26). The minimum Gasteiger partial charge on any atom is -0.496 e. The highest BCUT2D eigenvalue weighted by molar-refractivity contribution is 7.57. The molecule has 0 saturated heterocycles. The number of ether oxygens (including phenoxy) is 1. The average molecular weight is 409 g/mol. The van der Waals surface area contributed by atoms with Gasteiger partial charge < -0.3 is 20.5 Å². The summed E-state index contributed by atoms with van der Waals surface area (Å²) in [7, 11) is -2.66. The molecule has 2 atom stereocenters. The predicted molar refractivity (Wildman–Crippen MR) is 102 cm³/mol. The number of pyridine rings is 1. The molecule has 1 aromatic carbocycles. The number of benzene rings is 1. The van der Waals surface area contributed by atoms with Crippen LogP contribution in [-0.2, 0) is 21.9 Å². The highest BCUT2D eigenvalue weighted by Gasteiger charge is 2.31. The number of carboxylic acid groups (broad SMARTS) is 1. The summed E-state index contributed by atoms with van der Waals surface area (Å²) in [4.78, 5) is 36.2. The summed E-state index contributed by atoms with van der Waals surface area (Å²) in [5.74, 6) is -1.86. The number of aliphatic carboxylic acids is 1. The number of carbonyl (C=O) groups is 1. The molecule has 28 heavy (non-hydrogen) atoms. The molecule has 150 valence electrons. The summed E-state index contributed by atoms with van der Waals surface area (Å²) in [6, 6.07) is 6.83. The van der Waals surface area contributed by atoms with Crippen LogP contribution in [0.25, 0.3) is 0 Å². The van der Waals surface area contributed by atoms with Crippen LogP contribution in [0.1, 0.15) is 11.1 Å². The Morgan fingerprint density at radius 3 is 2.64 bits per heavy atom. The van der Waals surface area contributed by atoms with Crippen LogP contribution in [-0.4, -0.2) is 39.1 Å². The molecule has 0 fully saturated rings. The van der Waals surface area contributed by atoms with Gasteiger partial charge in [0.15, 0.2) is 0 Å². The number of hydrogen-bond donors (Lipinski definition) is 3. The lowest BCUT2D eigenvalue weighted by molar-refractivity contribution is -0.384. The van der Waals surface area contributed by atoms with Crippen LogP contribution in [0.5, 0.6) is 5.75 Å². The topological polar surface area (TPSA) is 166 Å². The number of anilines is 1. The minimum absolute atomic E-state index is 0.000758. The molecule has 1 heterocycles. The summed E-state index contributed by atoms with van der Waals surface area (Å²) >= 11 is 0. The van der Waals surface area contributed by atoms with Gasteiger partial charge >= 0.3 is 5.97 Å². The highest BCUT2D eigenvalue weighted by Crippen LogP contribution is 2.48. The van der Waals surface area contributed by atoms with Crippen LogP contribution in [0.4, 0.5) is 11.5 Å². The number of rotatable bonds is 9. The van der Waals surface area contributed by atoms with E-state index in [-0.39, 0.29) is 29.2 Å². The maximum atomic E-state index is 12.7. The van der Waals surface area contributed by atoms with Crippen LogP contribution in [0, 0.1) is 16.0 Å². The summed E-state index contributed by atoms with van der Waals surface area (Å²) < 4.78 is 17.8. The first-order valence-corrected chi connectivity index (χ1v) is 10.2. The monoisotopic (exact) mass is 409 g/mol. The number of methoxy groups -OCH3 is 1. The van der Waals surface area contributed by atoms with Crippen molar-refractivity contribution in [3.8, 4) is 5.75 Å². The van der Waals surface area contributed by atoms with Gasteiger partial charge in [0.2, 0.25) is 7.37 Å². The molecular weight excluding hydrogens is 389 g/mol. The van der Waals surface area contributed by atoms with Crippen molar-refractivity contribution in [1.82, 2.24) is 4.98 Å². The second-order valence-electron chi connectivity index (χ2n) is 6.27. The van der Waals surface area contributed by atoms with Crippen LogP contribution in [0.15, 0.2) is 36.5 Å². The molecular formula is C17H20N3O7P. The van der Waals surface area contributed by atoms with Gasteiger partial charge in [-0.15, -0.1) is 0 Å². The molecule has 0 bridgehead atoms. The molecule has 2 aromatic rings. The van der Waals surface area contributed by atoms with Gasteiger partial charge in [-0.3, -0.25) is 19.5 Å². The van der Waals surface area contributed by atoms with Crippen molar-refractivity contribution in [2.24, 2.45) is 5.92 Å². The summed E-state index contributed by atoms with van der Waals surface area (Å²) in [6.07, 6.45) is 0.469. The van der Waals surface area contributed by atoms with Gasteiger partial charge in [0.05, 0.1) is 24.1 Å². The number of hydrogen-bond acceptors (Lipinski definition) is 7. The van der Waals surface area contributed by atoms with Gasteiger partial charge in [-0.1, -0.05) is 6.07 Å². The van der Waals surface area contributed by atoms with E-state index in [2.05, 4.69) is 4.98 Å². The van der Waals surface area contributed by atoms with E-state index < -0.39 is 36.5 Å². The van der Waals surface area contributed by atoms with Gasteiger partial charge in [-0.25, -0.2) is 4.98 Å². The molecule has 0 saturated carbocycles. The Morgan fingerprint density at radius 1 is 1.39 bits per heavy atom. The lowest BCUT2D eigenvalue weighted by Crippen LogP contribution is -2.21. The number of nitro groups is 1. The zero-order valence-corrected chi connectivity index (χ0v) is 15.9. The quantitative estimate of drug-likeness (QED) is 0.320. The van der Waals surface area contributed by atoms with Crippen molar-refractivity contribution in [3.63, 3.8) is 0 Å². The molecule has 0 spiro atoms. The number of nitro benzene ring substituents is 1. The SMILES string of the molecule is COc1ccc([N+](=O)[O-])cc1CP(=O)(O)CC(Cc1ccc(N)nc1)C(=O)O. The van der Waals surface area contributed by atoms with E-state index in [9.17, 15) is 29.5 Å². The van der Waals surface area contributed by atoms with Gasteiger partial charge in [0.1, 0.15) is 11.6 Å². The molecule has 0 aliphatic carbocycles. The van der Waals surface area contributed by atoms with E-state index >= 15 is 0 Å². The van der Waals surface area contributed by atoms with E-state index in [0.717, 1.165) is 6.07 Å². The van der Waals surface area contributed by atoms with Crippen LogP contribution < -0.4 is 10.5 Å². The second kappa shape index (κ2) is 8.81. The van der Waals surface area contributed by atoms with Gasteiger partial charge in [-0.05, 0) is 24.1 Å². The number of non-ortho nitro benzene ring substituents is 1. The Kier molecular flexibility index (Phi) is 6.71. The smallest absolute Gasteiger partial charge is 0.307 e. The van der Waals surface area contributed by atoms with E-state index in [1.807, 2.05) is 0 Å². The second-order valence-corrected chi connectivity index (χ2v) is 8.64. The van der Waals surface area contributed by atoms with E-state index in [0.29, 0.717) is 5.56 Å². The Labute approximate surface area is 160 Å². The lowest BCUT2D eigenvalue weighted by atomic mass is 10.0. The molecule has 11 heteroatoms. The first-order chi connectivity index (χ1) is 13.1. The Bertz CT molecular complexity index is 917. The maximum Gasteiger partial charge on any atom is 0.307 e. The molecule has 0 aliphatic heterocycles. The number of nitrogens with two attached hydrogens (primary N) is 1. The maximum absolute atomic E-state index is 12.7. The number of aromatic nitrogens is 1. The summed E-state index contributed by atoms with van der Waals surface area (Å²) in [6.45, 7) is 0.